The Balaban J connectivity index is 1.49. The van der Waals surface area contributed by atoms with Crippen molar-refractivity contribution in [1.29, 1.82) is 0 Å². The van der Waals surface area contributed by atoms with E-state index in [1.54, 1.807) is 0 Å². The van der Waals surface area contributed by atoms with Gasteiger partial charge in [0.05, 0.1) is 6.54 Å². The number of aromatic nitrogens is 5. The fourth-order valence-corrected chi connectivity index (χ4v) is 4.36. The first-order valence-electron chi connectivity index (χ1n) is 10.3. The van der Waals surface area contributed by atoms with Gasteiger partial charge >= 0.3 is 0 Å². The van der Waals surface area contributed by atoms with Crippen LogP contribution in [-0.2, 0) is 20.0 Å². The van der Waals surface area contributed by atoms with Gasteiger partial charge in [0.1, 0.15) is 11.6 Å². The van der Waals surface area contributed by atoms with E-state index in [0.717, 1.165) is 62.2 Å². The minimum absolute atomic E-state index is 0.388. The Bertz CT molecular complexity index is 779. The van der Waals surface area contributed by atoms with Crippen LogP contribution >= 0.6 is 0 Å². The van der Waals surface area contributed by atoms with Crippen LogP contribution in [-0.4, -0.2) is 55.8 Å². The van der Waals surface area contributed by atoms with Gasteiger partial charge in [-0.3, -0.25) is 4.90 Å². The first kappa shape index (κ1) is 18.3. The number of piperidine rings is 1. The number of likely N-dealkylation sites (tertiary alicyclic amines) is 1. The van der Waals surface area contributed by atoms with E-state index in [1.165, 1.54) is 31.5 Å². The lowest BCUT2D eigenvalue weighted by atomic mass is 9.97. The maximum atomic E-state index is 4.80. The van der Waals surface area contributed by atoms with Crippen LogP contribution < -0.4 is 4.90 Å². The van der Waals surface area contributed by atoms with Crippen LogP contribution in [0.1, 0.15) is 61.4 Å². The van der Waals surface area contributed by atoms with Crippen LogP contribution in [0.25, 0.3) is 0 Å². The molecule has 4 heterocycles. The topological polar surface area (TPSA) is 63.0 Å². The molecule has 0 bridgehead atoms. The Morgan fingerprint density at radius 1 is 1.11 bits per heavy atom. The molecule has 27 heavy (non-hydrogen) atoms. The first-order chi connectivity index (χ1) is 13.2. The number of nitrogens with zero attached hydrogens (tertiary/aromatic N) is 7. The van der Waals surface area contributed by atoms with Crippen LogP contribution in [0.2, 0.25) is 0 Å². The van der Waals surface area contributed by atoms with Crippen LogP contribution in [0.4, 0.5) is 5.95 Å². The minimum atomic E-state index is 0.388. The van der Waals surface area contributed by atoms with Gasteiger partial charge in [-0.2, -0.15) is 0 Å². The minimum Gasteiger partial charge on any atom is -0.340 e. The second-order valence-electron chi connectivity index (χ2n) is 7.96. The molecular formula is C20H31N7. The third kappa shape index (κ3) is 3.83. The number of anilines is 1. The monoisotopic (exact) mass is 369 g/mol. The lowest BCUT2D eigenvalue weighted by Gasteiger charge is -2.32. The second kappa shape index (κ2) is 7.92. The molecule has 1 atom stereocenters. The number of hydrogen-bond acceptors (Lipinski definition) is 6. The van der Waals surface area contributed by atoms with Crippen molar-refractivity contribution in [3.05, 3.63) is 29.1 Å². The van der Waals surface area contributed by atoms with Crippen LogP contribution in [0, 0.1) is 6.92 Å². The van der Waals surface area contributed by atoms with Gasteiger partial charge in [-0.1, -0.05) is 6.92 Å². The highest BCUT2D eigenvalue weighted by molar-refractivity contribution is 5.34. The quantitative estimate of drug-likeness (QED) is 0.807. The molecule has 2 aliphatic heterocycles. The third-order valence-electron chi connectivity index (χ3n) is 6.03. The van der Waals surface area contributed by atoms with E-state index in [-0.39, 0.29) is 0 Å². The van der Waals surface area contributed by atoms with E-state index >= 15 is 0 Å². The molecule has 0 aliphatic carbocycles. The van der Waals surface area contributed by atoms with Crippen molar-refractivity contribution in [3.8, 4) is 0 Å². The maximum absolute atomic E-state index is 4.80. The van der Waals surface area contributed by atoms with Gasteiger partial charge in [-0.25, -0.2) is 9.97 Å². The highest BCUT2D eigenvalue weighted by atomic mass is 15.3. The largest absolute Gasteiger partial charge is 0.340 e. The highest BCUT2D eigenvalue weighted by Gasteiger charge is 2.28. The Labute approximate surface area is 161 Å². The van der Waals surface area contributed by atoms with Crippen molar-refractivity contribution < 1.29 is 0 Å². The van der Waals surface area contributed by atoms with Crippen molar-refractivity contribution in [2.75, 3.05) is 31.1 Å². The van der Waals surface area contributed by atoms with E-state index in [4.69, 9.17) is 4.98 Å². The van der Waals surface area contributed by atoms with Crippen molar-refractivity contribution >= 4 is 5.95 Å². The molecule has 7 heteroatoms. The van der Waals surface area contributed by atoms with Crippen molar-refractivity contribution in [1.82, 2.24) is 29.6 Å². The summed E-state index contributed by atoms with van der Waals surface area (Å²) in [6, 6.07) is 0. The summed E-state index contributed by atoms with van der Waals surface area (Å²) in [7, 11) is 2.12. The number of aryl methyl sites for hydroxylation is 2. The number of hydrogen-bond donors (Lipinski definition) is 0. The summed E-state index contributed by atoms with van der Waals surface area (Å²) in [5.41, 5.74) is 2.32. The Hall–Kier alpha value is -2.02. The zero-order chi connectivity index (χ0) is 18.8. The molecule has 2 fully saturated rings. The third-order valence-corrected chi connectivity index (χ3v) is 6.03. The molecule has 7 nitrogen and oxygen atoms in total. The standard InChI is InChI=1S/C20H31N7/c1-4-17-15(2)12-21-20(22-17)27-11-7-8-16(13-27)19-24-23-18(25(19)3)14-26-9-5-6-10-26/h12,16H,4-11,13-14H2,1-3H3/t16-/m1/s1. The van der Waals surface area contributed by atoms with E-state index in [0.29, 0.717) is 5.92 Å². The SMILES string of the molecule is CCc1nc(N2CCC[C@@H](c3nnc(CN4CCCC4)n3C)C2)ncc1C. The van der Waals surface area contributed by atoms with Crippen molar-refractivity contribution in [3.63, 3.8) is 0 Å². The summed E-state index contributed by atoms with van der Waals surface area (Å²) in [6.07, 6.45) is 7.80. The predicted octanol–water partition coefficient (Wildman–Crippen LogP) is 2.46. The second-order valence-corrected chi connectivity index (χ2v) is 7.96. The molecule has 2 aromatic heterocycles. The molecule has 0 saturated carbocycles. The highest BCUT2D eigenvalue weighted by Crippen LogP contribution is 2.28. The Kier molecular flexibility index (Phi) is 5.38. The van der Waals surface area contributed by atoms with Gasteiger partial charge in [-0.05, 0) is 57.7 Å². The van der Waals surface area contributed by atoms with Crippen molar-refractivity contribution in [2.45, 2.75) is 58.4 Å². The molecule has 0 aromatic carbocycles. The molecule has 2 aromatic rings. The van der Waals surface area contributed by atoms with Gasteiger partial charge in [0.25, 0.3) is 0 Å². The molecule has 0 radical (unpaired) electrons. The van der Waals surface area contributed by atoms with E-state index in [9.17, 15) is 0 Å². The average Bonchev–Trinajstić information content (AvgIpc) is 3.33. The summed E-state index contributed by atoms with van der Waals surface area (Å²) >= 11 is 0. The van der Waals surface area contributed by atoms with Gasteiger partial charge in [0.15, 0.2) is 0 Å². The lowest BCUT2D eigenvalue weighted by Crippen LogP contribution is -2.36. The van der Waals surface area contributed by atoms with Crippen LogP contribution in [0.5, 0.6) is 0 Å². The normalized spacial score (nSPS) is 21.1. The summed E-state index contributed by atoms with van der Waals surface area (Å²) in [5, 5.41) is 9.09. The first-order valence-corrected chi connectivity index (χ1v) is 10.3. The Morgan fingerprint density at radius 2 is 1.93 bits per heavy atom. The summed E-state index contributed by atoms with van der Waals surface area (Å²) < 4.78 is 2.22. The van der Waals surface area contributed by atoms with Gasteiger partial charge in [-0.15, -0.1) is 10.2 Å². The van der Waals surface area contributed by atoms with Crippen LogP contribution in [0.15, 0.2) is 6.20 Å². The maximum Gasteiger partial charge on any atom is 0.225 e. The van der Waals surface area contributed by atoms with Gasteiger partial charge in [0, 0.05) is 37.9 Å². The fraction of sp³-hybridized carbons (Fsp3) is 0.700. The summed E-state index contributed by atoms with van der Waals surface area (Å²) in [6.45, 7) is 9.46. The molecule has 0 spiro atoms. The van der Waals surface area contributed by atoms with Crippen molar-refractivity contribution in [2.24, 2.45) is 7.05 Å². The lowest BCUT2D eigenvalue weighted by molar-refractivity contribution is 0.317. The van der Waals surface area contributed by atoms with E-state index in [1.807, 2.05) is 6.20 Å². The number of rotatable bonds is 5. The van der Waals surface area contributed by atoms with E-state index < -0.39 is 0 Å². The van der Waals surface area contributed by atoms with E-state index in [2.05, 4.69) is 50.4 Å². The summed E-state index contributed by atoms with van der Waals surface area (Å²) in [4.78, 5) is 14.2. The molecule has 2 aliphatic rings. The Morgan fingerprint density at radius 3 is 2.70 bits per heavy atom. The molecular weight excluding hydrogens is 338 g/mol. The van der Waals surface area contributed by atoms with Crippen LogP contribution in [0.3, 0.4) is 0 Å². The fourth-order valence-electron chi connectivity index (χ4n) is 4.36. The molecule has 146 valence electrons. The molecule has 2 saturated heterocycles. The zero-order valence-electron chi connectivity index (χ0n) is 16.9. The predicted molar refractivity (Wildman–Crippen MR) is 106 cm³/mol. The summed E-state index contributed by atoms with van der Waals surface area (Å²) in [5.74, 6) is 3.45. The molecule has 0 N–H and O–H groups in total. The zero-order valence-corrected chi connectivity index (χ0v) is 16.9. The van der Waals surface area contributed by atoms with Gasteiger partial charge < -0.3 is 9.47 Å². The average molecular weight is 370 g/mol. The van der Waals surface area contributed by atoms with Gasteiger partial charge in [0.2, 0.25) is 5.95 Å². The molecule has 0 amide bonds. The molecule has 4 rings (SSSR count). The molecule has 0 unspecified atom stereocenters. The smallest absolute Gasteiger partial charge is 0.225 e.